The van der Waals surface area contributed by atoms with Gasteiger partial charge in [-0.25, -0.2) is 0 Å². The van der Waals surface area contributed by atoms with Gasteiger partial charge in [-0.05, 0) is 43.2 Å². The van der Waals surface area contributed by atoms with Gasteiger partial charge in [-0.3, -0.25) is 4.79 Å². The third-order valence-corrected chi connectivity index (χ3v) is 5.50. The molecular formula is C18H25F3N4O. The summed E-state index contributed by atoms with van der Waals surface area (Å²) < 4.78 is 37.0. The molecule has 144 valence electrons. The van der Waals surface area contributed by atoms with Crippen LogP contribution in [0, 0.1) is 5.41 Å². The number of nitrogens with zero attached hydrogens (tertiary/aromatic N) is 1. The minimum Gasteiger partial charge on any atom is -0.397 e. The first kappa shape index (κ1) is 18.7. The van der Waals surface area contributed by atoms with Gasteiger partial charge in [-0.1, -0.05) is 0 Å². The molecule has 1 amide bonds. The maximum Gasteiger partial charge on any atom is 0.390 e. The summed E-state index contributed by atoms with van der Waals surface area (Å²) in [7, 11) is 1.74. The molecule has 1 aromatic rings. The molecule has 5 nitrogen and oxygen atoms in total. The van der Waals surface area contributed by atoms with Crippen LogP contribution >= 0.6 is 0 Å². The average Bonchev–Trinajstić information content (AvgIpc) is 3.33. The smallest absolute Gasteiger partial charge is 0.390 e. The van der Waals surface area contributed by atoms with Crippen molar-refractivity contribution in [2.75, 3.05) is 42.6 Å². The quantitative estimate of drug-likeness (QED) is 0.695. The van der Waals surface area contributed by atoms with Gasteiger partial charge in [0.2, 0.25) is 0 Å². The topological polar surface area (TPSA) is 70.4 Å². The molecule has 1 aliphatic carbocycles. The van der Waals surface area contributed by atoms with E-state index >= 15 is 0 Å². The number of amides is 1. The van der Waals surface area contributed by atoms with E-state index in [-0.39, 0.29) is 0 Å². The summed E-state index contributed by atoms with van der Waals surface area (Å²) in [4.78, 5) is 14.6. The Balaban J connectivity index is 1.78. The van der Waals surface area contributed by atoms with Gasteiger partial charge < -0.3 is 21.3 Å². The zero-order valence-corrected chi connectivity index (χ0v) is 14.9. The van der Waals surface area contributed by atoms with Gasteiger partial charge in [-0.15, -0.1) is 0 Å². The molecule has 1 spiro atoms. The van der Waals surface area contributed by atoms with Crippen molar-refractivity contribution in [2.45, 2.75) is 38.3 Å². The van der Waals surface area contributed by atoms with Crippen LogP contribution in [0.1, 0.15) is 42.5 Å². The van der Waals surface area contributed by atoms with E-state index in [0.29, 0.717) is 22.4 Å². The maximum atomic E-state index is 12.5. The number of piperidine rings is 1. The molecule has 4 N–H and O–H groups in total. The summed E-state index contributed by atoms with van der Waals surface area (Å²) >= 11 is 0. The van der Waals surface area contributed by atoms with Gasteiger partial charge in [-0.2, -0.15) is 13.2 Å². The molecule has 2 fully saturated rings. The van der Waals surface area contributed by atoms with Crippen molar-refractivity contribution in [3.63, 3.8) is 0 Å². The lowest BCUT2D eigenvalue weighted by molar-refractivity contribution is -0.132. The Hall–Kier alpha value is -2.12. The van der Waals surface area contributed by atoms with E-state index in [9.17, 15) is 18.0 Å². The predicted octanol–water partition coefficient (Wildman–Crippen LogP) is 3.37. The number of alkyl halides is 3. The molecule has 0 atom stereocenters. The monoisotopic (exact) mass is 370 g/mol. The predicted molar refractivity (Wildman–Crippen MR) is 96.5 cm³/mol. The molecule has 3 rings (SSSR count). The number of carbonyl (C=O) groups excluding carboxylic acids is 1. The Morgan fingerprint density at radius 3 is 2.42 bits per heavy atom. The van der Waals surface area contributed by atoms with Crippen LogP contribution in [-0.2, 0) is 0 Å². The molecule has 1 aromatic carbocycles. The van der Waals surface area contributed by atoms with Crippen LogP contribution in [0.3, 0.4) is 0 Å². The number of halogens is 3. The van der Waals surface area contributed by atoms with Crippen LogP contribution in [-0.4, -0.2) is 38.8 Å². The molecule has 1 saturated carbocycles. The second-order valence-corrected chi connectivity index (χ2v) is 7.31. The maximum absolute atomic E-state index is 12.5. The molecule has 0 bridgehead atoms. The molecule has 1 aliphatic heterocycles. The summed E-state index contributed by atoms with van der Waals surface area (Å²) in [5.41, 5.74) is 8.63. The number of rotatable bonds is 5. The molecule has 1 heterocycles. The van der Waals surface area contributed by atoms with Gasteiger partial charge in [0.1, 0.15) is 0 Å². The molecule has 8 heteroatoms. The molecule has 1 saturated heterocycles. The van der Waals surface area contributed by atoms with Crippen molar-refractivity contribution >= 4 is 23.0 Å². The van der Waals surface area contributed by atoms with Crippen LogP contribution < -0.4 is 21.3 Å². The summed E-state index contributed by atoms with van der Waals surface area (Å²) in [6.45, 7) is 1.24. The SMILES string of the molecule is CNc1cc(N2CCC3(CC2)CC3)c(C(=O)NCCC(F)(F)F)cc1N. The second kappa shape index (κ2) is 6.89. The van der Waals surface area contributed by atoms with E-state index in [1.807, 2.05) is 6.07 Å². The Morgan fingerprint density at radius 1 is 1.23 bits per heavy atom. The van der Waals surface area contributed by atoms with Crippen molar-refractivity contribution in [1.29, 1.82) is 0 Å². The Kier molecular flexibility index (Phi) is 4.94. The van der Waals surface area contributed by atoms with E-state index < -0.39 is 25.0 Å². The van der Waals surface area contributed by atoms with Gasteiger partial charge in [0.05, 0.1) is 29.0 Å². The van der Waals surface area contributed by atoms with Crippen molar-refractivity contribution in [2.24, 2.45) is 5.41 Å². The largest absolute Gasteiger partial charge is 0.397 e. The fourth-order valence-corrected chi connectivity index (χ4v) is 3.58. The lowest BCUT2D eigenvalue weighted by Gasteiger charge is -2.35. The zero-order chi connectivity index (χ0) is 18.9. The van der Waals surface area contributed by atoms with Crippen molar-refractivity contribution < 1.29 is 18.0 Å². The Morgan fingerprint density at radius 2 is 1.88 bits per heavy atom. The van der Waals surface area contributed by atoms with E-state index in [0.717, 1.165) is 31.6 Å². The summed E-state index contributed by atoms with van der Waals surface area (Å²) in [6.07, 6.45) is -0.631. The van der Waals surface area contributed by atoms with Crippen LogP contribution in [0.4, 0.5) is 30.2 Å². The molecule has 26 heavy (non-hydrogen) atoms. The Labute approximate surface area is 151 Å². The molecule has 0 aromatic heterocycles. The van der Waals surface area contributed by atoms with Crippen LogP contribution in [0.2, 0.25) is 0 Å². The fraction of sp³-hybridized carbons (Fsp3) is 0.611. The van der Waals surface area contributed by atoms with Gasteiger partial charge in [0.15, 0.2) is 0 Å². The van der Waals surface area contributed by atoms with Gasteiger partial charge in [0, 0.05) is 26.7 Å². The van der Waals surface area contributed by atoms with Gasteiger partial charge >= 0.3 is 6.18 Å². The number of anilines is 3. The highest BCUT2D eigenvalue weighted by atomic mass is 19.4. The molecular weight excluding hydrogens is 345 g/mol. The summed E-state index contributed by atoms with van der Waals surface area (Å²) in [6, 6.07) is 3.37. The standard InChI is InChI=1S/C18H25F3N4O/c1-23-14-11-15(25-8-5-17(2-3-17)6-9-25)12(10-13(14)22)16(26)24-7-4-18(19,20)21/h10-11,23H,2-9,22H2,1H3,(H,24,26). The summed E-state index contributed by atoms with van der Waals surface area (Å²) in [5, 5.41) is 5.37. The first-order chi connectivity index (χ1) is 12.2. The highest BCUT2D eigenvalue weighted by molar-refractivity contribution is 6.02. The normalized spacial score (nSPS) is 18.7. The van der Waals surface area contributed by atoms with E-state index in [2.05, 4.69) is 15.5 Å². The average molecular weight is 370 g/mol. The lowest BCUT2D eigenvalue weighted by Crippen LogP contribution is -2.36. The fourth-order valence-electron chi connectivity index (χ4n) is 3.58. The van der Waals surface area contributed by atoms with Crippen molar-refractivity contribution in [3.05, 3.63) is 17.7 Å². The number of nitrogens with one attached hydrogen (secondary N) is 2. The number of nitrogens with two attached hydrogens (primary N) is 1. The summed E-state index contributed by atoms with van der Waals surface area (Å²) in [5.74, 6) is -0.523. The van der Waals surface area contributed by atoms with Gasteiger partial charge in [0.25, 0.3) is 5.91 Å². The number of nitrogen functional groups attached to an aromatic ring is 1. The van der Waals surface area contributed by atoms with E-state index in [1.54, 1.807) is 13.1 Å². The van der Waals surface area contributed by atoms with E-state index in [1.165, 1.54) is 12.8 Å². The first-order valence-electron chi connectivity index (χ1n) is 8.94. The van der Waals surface area contributed by atoms with Crippen molar-refractivity contribution in [1.82, 2.24) is 5.32 Å². The third-order valence-electron chi connectivity index (χ3n) is 5.50. The third kappa shape index (κ3) is 4.16. The second-order valence-electron chi connectivity index (χ2n) is 7.31. The van der Waals surface area contributed by atoms with Crippen molar-refractivity contribution in [3.8, 4) is 0 Å². The minimum absolute atomic E-state index is 0.329. The van der Waals surface area contributed by atoms with Crippen LogP contribution in [0.5, 0.6) is 0 Å². The Bertz CT molecular complexity index is 676. The van der Waals surface area contributed by atoms with Crippen LogP contribution in [0.15, 0.2) is 12.1 Å². The number of carbonyl (C=O) groups is 1. The molecule has 2 aliphatic rings. The minimum atomic E-state index is -4.30. The zero-order valence-electron chi connectivity index (χ0n) is 14.9. The van der Waals surface area contributed by atoms with E-state index in [4.69, 9.17) is 5.73 Å². The number of hydrogen-bond donors (Lipinski definition) is 3. The molecule has 0 radical (unpaired) electrons. The highest BCUT2D eigenvalue weighted by Gasteiger charge is 2.44. The molecule has 0 unspecified atom stereocenters. The number of hydrogen-bond acceptors (Lipinski definition) is 4. The van der Waals surface area contributed by atoms with Crippen LogP contribution in [0.25, 0.3) is 0 Å². The highest BCUT2D eigenvalue weighted by Crippen LogP contribution is 2.54. The number of benzene rings is 1. The lowest BCUT2D eigenvalue weighted by atomic mass is 9.93. The first-order valence-corrected chi connectivity index (χ1v) is 8.94.